The fourth-order valence-corrected chi connectivity index (χ4v) is 4.16. The largest absolute Gasteiger partial charge is 0.497 e. The zero-order valence-corrected chi connectivity index (χ0v) is 18.5. The molecule has 0 atom stereocenters. The van der Waals surface area contributed by atoms with Crippen LogP contribution in [0.5, 0.6) is 5.75 Å². The topological polar surface area (TPSA) is 74.8 Å². The van der Waals surface area contributed by atoms with Crippen LogP contribution in [0, 0.1) is 0 Å². The van der Waals surface area contributed by atoms with Gasteiger partial charge >= 0.3 is 0 Å². The third-order valence-electron chi connectivity index (χ3n) is 5.82. The summed E-state index contributed by atoms with van der Waals surface area (Å²) in [6.07, 6.45) is 2.60. The van der Waals surface area contributed by atoms with Gasteiger partial charge in [0.1, 0.15) is 22.5 Å². The summed E-state index contributed by atoms with van der Waals surface area (Å²) >= 11 is 0. The minimum Gasteiger partial charge on any atom is -0.497 e. The molecule has 162 valence electrons. The maximum absolute atomic E-state index is 13.7. The van der Waals surface area contributed by atoms with E-state index < -0.39 is 0 Å². The van der Waals surface area contributed by atoms with Gasteiger partial charge in [0.25, 0.3) is 5.56 Å². The summed E-state index contributed by atoms with van der Waals surface area (Å²) in [5.74, 6) is 1.54. The molecule has 5 aromatic rings. The van der Waals surface area contributed by atoms with Gasteiger partial charge < -0.3 is 4.74 Å². The monoisotopic (exact) mass is 427 g/mol. The highest BCUT2D eigenvalue weighted by Gasteiger charge is 2.22. The number of fused-ring (bicyclic) bond motifs is 4. The maximum atomic E-state index is 13.7. The average Bonchev–Trinajstić information content (AvgIpc) is 3.15. The van der Waals surface area contributed by atoms with Crippen LogP contribution in [0.15, 0.2) is 53.3 Å². The smallest absolute Gasteiger partial charge is 0.265 e. The molecule has 3 heterocycles. The Bertz CT molecular complexity index is 1500. The summed E-state index contributed by atoms with van der Waals surface area (Å²) in [7, 11) is 1.64. The first-order valence-electron chi connectivity index (χ1n) is 11.0. The van der Waals surface area contributed by atoms with Gasteiger partial charge in [-0.25, -0.2) is 15.0 Å². The van der Waals surface area contributed by atoms with E-state index in [4.69, 9.17) is 19.7 Å². The van der Waals surface area contributed by atoms with Crippen LogP contribution in [0.1, 0.15) is 32.5 Å². The maximum Gasteiger partial charge on any atom is 0.265 e. The second-order valence-corrected chi connectivity index (χ2v) is 7.81. The Morgan fingerprint density at radius 3 is 2.28 bits per heavy atom. The van der Waals surface area contributed by atoms with Crippen molar-refractivity contribution in [1.29, 1.82) is 0 Å². The van der Waals surface area contributed by atoms with E-state index in [9.17, 15) is 4.79 Å². The number of aryl methyl sites for hydroxylation is 1. The highest BCUT2D eigenvalue weighted by atomic mass is 16.5. The van der Waals surface area contributed by atoms with Gasteiger partial charge in [-0.3, -0.25) is 13.9 Å². The van der Waals surface area contributed by atoms with E-state index in [0.29, 0.717) is 35.2 Å². The van der Waals surface area contributed by atoms with Crippen LogP contribution in [0.2, 0.25) is 0 Å². The molecule has 0 aliphatic carbocycles. The Morgan fingerprint density at radius 1 is 0.906 bits per heavy atom. The van der Waals surface area contributed by atoms with Crippen LogP contribution in [0.3, 0.4) is 0 Å². The van der Waals surface area contributed by atoms with Crippen molar-refractivity contribution >= 4 is 33.2 Å². The van der Waals surface area contributed by atoms with Gasteiger partial charge in [-0.15, -0.1) is 0 Å². The van der Waals surface area contributed by atoms with Gasteiger partial charge in [0.2, 0.25) is 0 Å². The predicted molar refractivity (Wildman–Crippen MR) is 127 cm³/mol. The van der Waals surface area contributed by atoms with Crippen molar-refractivity contribution in [1.82, 2.24) is 24.1 Å². The summed E-state index contributed by atoms with van der Waals surface area (Å²) in [5, 5.41) is 0.516. The third kappa shape index (κ3) is 3.12. The molecular weight excluding hydrogens is 402 g/mol. The zero-order valence-electron chi connectivity index (χ0n) is 18.5. The first-order valence-corrected chi connectivity index (χ1v) is 11.0. The molecule has 2 aromatic carbocycles. The van der Waals surface area contributed by atoms with Crippen LogP contribution in [-0.4, -0.2) is 31.2 Å². The number of methoxy groups -OCH3 is 1. The van der Waals surface area contributed by atoms with E-state index in [1.807, 2.05) is 60.0 Å². The van der Waals surface area contributed by atoms with Gasteiger partial charge in [0, 0.05) is 18.7 Å². The van der Waals surface area contributed by atoms with Crippen molar-refractivity contribution in [2.45, 2.75) is 39.7 Å². The second-order valence-electron chi connectivity index (χ2n) is 7.81. The summed E-state index contributed by atoms with van der Waals surface area (Å²) in [6.45, 7) is 4.80. The first kappa shape index (κ1) is 20.2. The molecule has 0 aliphatic heterocycles. The van der Waals surface area contributed by atoms with Crippen molar-refractivity contribution in [3.8, 4) is 11.4 Å². The summed E-state index contributed by atoms with van der Waals surface area (Å²) < 4.78 is 9.07. The first-order chi connectivity index (χ1) is 15.7. The lowest BCUT2D eigenvalue weighted by Gasteiger charge is -2.12. The molecule has 0 saturated heterocycles. The number of hydrogen-bond acceptors (Lipinski definition) is 5. The van der Waals surface area contributed by atoms with E-state index >= 15 is 0 Å². The SMILES string of the molecule is CCCCn1c(CC)nc2c(c1=O)c1nc3ccccc3nc1n2-c1ccc(OC)cc1. The van der Waals surface area contributed by atoms with Gasteiger partial charge in [-0.1, -0.05) is 32.4 Å². The molecule has 0 spiro atoms. The number of benzene rings is 2. The van der Waals surface area contributed by atoms with Crippen molar-refractivity contribution < 1.29 is 4.74 Å². The lowest BCUT2D eigenvalue weighted by molar-refractivity contribution is 0.415. The third-order valence-corrected chi connectivity index (χ3v) is 5.82. The van der Waals surface area contributed by atoms with Crippen molar-refractivity contribution in [2.24, 2.45) is 0 Å². The van der Waals surface area contributed by atoms with Crippen molar-refractivity contribution in [2.75, 3.05) is 7.11 Å². The molecule has 0 unspecified atom stereocenters. The number of unbranched alkanes of at least 4 members (excludes halogenated alkanes) is 1. The van der Waals surface area contributed by atoms with Crippen LogP contribution >= 0.6 is 0 Å². The number of aromatic nitrogens is 5. The zero-order chi connectivity index (χ0) is 22.2. The number of hydrogen-bond donors (Lipinski definition) is 0. The molecule has 7 heteroatoms. The minimum absolute atomic E-state index is 0.0536. The van der Waals surface area contributed by atoms with Crippen LogP contribution in [-0.2, 0) is 13.0 Å². The fraction of sp³-hybridized carbons (Fsp3) is 0.280. The molecule has 0 amide bonds. The van der Waals surface area contributed by atoms with Crippen molar-refractivity contribution in [3.05, 3.63) is 64.7 Å². The molecule has 3 aromatic heterocycles. The average molecular weight is 428 g/mol. The quantitative estimate of drug-likeness (QED) is 0.394. The van der Waals surface area contributed by atoms with Gasteiger partial charge in [-0.2, -0.15) is 0 Å². The molecule has 0 aliphatic rings. The van der Waals surface area contributed by atoms with E-state index in [1.54, 1.807) is 11.7 Å². The highest BCUT2D eigenvalue weighted by molar-refractivity contribution is 6.05. The molecule has 32 heavy (non-hydrogen) atoms. The Kier molecular flexibility index (Phi) is 5.09. The van der Waals surface area contributed by atoms with E-state index in [-0.39, 0.29) is 5.56 Å². The number of rotatable bonds is 6. The van der Waals surface area contributed by atoms with Crippen molar-refractivity contribution in [3.63, 3.8) is 0 Å². The Hall–Kier alpha value is -3.74. The molecule has 7 nitrogen and oxygen atoms in total. The summed E-state index contributed by atoms with van der Waals surface area (Å²) in [6, 6.07) is 15.4. The molecular formula is C25H25N5O2. The molecule has 0 radical (unpaired) electrons. The Balaban J connectivity index is 1.93. The number of ether oxygens (including phenoxy) is 1. The van der Waals surface area contributed by atoms with E-state index in [2.05, 4.69) is 6.92 Å². The van der Waals surface area contributed by atoms with E-state index in [0.717, 1.165) is 41.1 Å². The predicted octanol–water partition coefficient (Wildman–Crippen LogP) is 4.65. The molecule has 5 rings (SSSR count). The van der Waals surface area contributed by atoms with Gasteiger partial charge in [0.15, 0.2) is 11.3 Å². The Morgan fingerprint density at radius 2 is 1.62 bits per heavy atom. The molecule has 0 bridgehead atoms. The summed E-state index contributed by atoms with van der Waals surface area (Å²) in [4.78, 5) is 28.5. The molecule has 0 N–H and O–H groups in total. The normalized spacial score (nSPS) is 11.6. The summed E-state index contributed by atoms with van der Waals surface area (Å²) in [5.41, 5.74) is 4.14. The lowest BCUT2D eigenvalue weighted by atomic mass is 10.2. The number of para-hydroxylation sites is 2. The van der Waals surface area contributed by atoms with Crippen LogP contribution in [0.4, 0.5) is 0 Å². The van der Waals surface area contributed by atoms with Crippen LogP contribution in [0.25, 0.3) is 38.9 Å². The van der Waals surface area contributed by atoms with E-state index in [1.165, 1.54) is 0 Å². The van der Waals surface area contributed by atoms with Crippen LogP contribution < -0.4 is 10.3 Å². The standard InChI is InChI=1S/C25H25N5O2/c1-4-6-15-29-20(5-2)28-23-21(25(29)31)22-24(27-19-10-8-7-9-18(19)26-22)30(23)16-11-13-17(32-3)14-12-16/h7-14H,4-6,15H2,1-3H3. The highest BCUT2D eigenvalue weighted by Crippen LogP contribution is 2.29. The second kappa shape index (κ2) is 8.07. The number of nitrogens with zero attached hydrogens (tertiary/aromatic N) is 5. The van der Waals surface area contributed by atoms with Gasteiger partial charge in [0.05, 0.1) is 18.1 Å². The van der Waals surface area contributed by atoms with Gasteiger partial charge in [-0.05, 0) is 42.8 Å². The lowest BCUT2D eigenvalue weighted by Crippen LogP contribution is -2.25. The minimum atomic E-state index is -0.0536. The fourth-order valence-electron chi connectivity index (χ4n) is 4.16. The molecule has 0 fully saturated rings. The Labute approximate surface area is 185 Å². The molecule has 0 saturated carbocycles.